The van der Waals surface area contributed by atoms with Crippen LogP contribution in [0.4, 0.5) is 0 Å². The molecule has 0 atom stereocenters. The van der Waals surface area contributed by atoms with Crippen LogP contribution in [-0.2, 0) is 6.42 Å². The molecule has 0 saturated carbocycles. The van der Waals surface area contributed by atoms with Crippen molar-refractivity contribution in [3.8, 4) is 0 Å². The van der Waals surface area contributed by atoms with Crippen molar-refractivity contribution < 1.29 is 4.79 Å². The molecule has 102 valence electrons. The summed E-state index contributed by atoms with van der Waals surface area (Å²) in [5.41, 5.74) is 1.48. The molecule has 2 N–H and O–H groups in total. The van der Waals surface area contributed by atoms with E-state index in [9.17, 15) is 4.79 Å². The molecule has 0 aliphatic heterocycles. The quantitative estimate of drug-likeness (QED) is 0.755. The molecule has 0 bridgehead atoms. The standard InChI is InChI=1S/C15H13ClN2OS/c16-11-3-4-13-10(8-11)9-14(18-13)15(19)17-6-5-12-2-1-7-20-12/h1-4,7-9,18H,5-6H2,(H,17,19). The zero-order chi connectivity index (χ0) is 13.9. The average molecular weight is 305 g/mol. The maximum Gasteiger partial charge on any atom is 0.267 e. The molecule has 0 saturated heterocycles. The molecule has 0 spiro atoms. The minimum Gasteiger partial charge on any atom is -0.351 e. The summed E-state index contributed by atoms with van der Waals surface area (Å²) < 4.78 is 0. The fourth-order valence-corrected chi connectivity index (χ4v) is 2.96. The molecule has 3 rings (SSSR count). The highest BCUT2D eigenvalue weighted by Gasteiger charge is 2.09. The number of amides is 1. The number of halogens is 1. The Balaban J connectivity index is 1.66. The second kappa shape index (κ2) is 5.69. The monoisotopic (exact) mass is 304 g/mol. The molecule has 0 aliphatic carbocycles. The largest absolute Gasteiger partial charge is 0.351 e. The van der Waals surface area contributed by atoms with Crippen molar-refractivity contribution in [2.75, 3.05) is 6.54 Å². The lowest BCUT2D eigenvalue weighted by Crippen LogP contribution is -2.25. The highest BCUT2D eigenvalue weighted by molar-refractivity contribution is 7.09. The summed E-state index contributed by atoms with van der Waals surface area (Å²) in [6, 6.07) is 11.4. The van der Waals surface area contributed by atoms with Crippen LogP contribution in [0.2, 0.25) is 5.02 Å². The minimum atomic E-state index is -0.0890. The number of hydrogen-bond acceptors (Lipinski definition) is 2. The van der Waals surface area contributed by atoms with Gasteiger partial charge in [0.2, 0.25) is 0 Å². The molecule has 1 amide bonds. The maximum atomic E-state index is 12.1. The van der Waals surface area contributed by atoms with Crippen LogP contribution in [0.5, 0.6) is 0 Å². The van der Waals surface area contributed by atoms with E-state index in [-0.39, 0.29) is 5.91 Å². The van der Waals surface area contributed by atoms with Crippen LogP contribution >= 0.6 is 22.9 Å². The van der Waals surface area contributed by atoms with Crippen LogP contribution in [0.15, 0.2) is 41.8 Å². The Kier molecular flexibility index (Phi) is 3.76. The number of benzene rings is 1. The van der Waals surface area contributed by atoms with Crippen molar-refractivity contribution in [1.82, 2.24) is 10.3 Å². The summed E-state index contributed by atoms with van der Waals surface area (Å²) in [5, 5.41) is 6.57. The van der Waals surface area contributed by atoms with E-state index in [0.29, 0.717) is 17.3 Å². The number of carbonyl (C=O) groups excluding carboxylic acids is 1. The number of aromatic nitrogens is 1. The number of carbonyl (C=O) groups is 1. The first-order chi connectivity index (χ1) is 9.72. The van der Waals surface area contributed by atoms with Crippen LogP contribution in [0.3, 0.4) is 0 Å². The normalized spacial score (nSPS) is 10.8. The van der Waals surface area contributed by atoms with Gasteiger partial charge >= 0.3 is 0 Å². The molecule has 5 heteroatoms. The lowest BCUT2D eigenvalue weighted by atomic mass is 10.2. The van der Waals surface area contributed by atoms with E-state index in [0.717, 1.165) is 17.3 Å². The van der Waals surface area contributed by atoms with Gasteiger partial charge in [-0.15, -0.1) is 11.3 Å². The second-order valence-electron chi connectivity index (χ2n) is 4.50. The van der Waals surface area contributed by atoms with Gasteiger partial charge in [0.05, 0.1) is 0 Å². The molecule has 3 nitrogen and oxygen atoms in total. The third-order valence-electron chi connectivity index (χ3n) is 3.06. The number of hydrogen-bond donors (Lipinski definition) is 2. The summed E-state index contributed by atoms with van der Waals surface area (Å²) in [6.45, 7) is 0.634. The summed E-state index contributed by atoms with van der Waals surface area (Å²) in [6.07, 6.45) is 0.857. The van der Waals surface area contributed by atoms with Gasteiger partial charge in [-0.2, -0.15) is 0 Å². The molecule has 0 aliphatic rings. The predicted octanol–water partition coefficient (Wildman–Crippen LogP) is 3.86. The summed E-state index contributed by atoms with van der Waals surface area (Å²) in [4.78, 5) is 16.4. The molecule has 2 aromatic heterocycles. The molecule has 0 radical (unpaired) electrons. The molecule has 20 heavy (non-hydrogen) atoms. The molecule has 3 aromatic rings. The van der Waals surface area contributed by atoms with Gasteiger partial charge in [-0.05, 0) is 42.1 Å². The molecule has 0 fully saturated rings. The number of fused-ring (bicyclic) bond motifs is 1. The van der Waals surface area contributed by atoms with Crippen molar-refractivity contribution in [2.45, 2.75) is 6.42 Å². The van der Waals surface area contributed by atoms with Crippen molar-refractivity contribution in [3.05, 3.63) is 57.4 Å². The Labute approximate surface area is 125 Å². The lowest BCUT2D eigenvalue weighted by molar-refractivity contribution is 0.0950. The smallest absolute Gasteiger partial charge is 0.267 e. The zero-order valence-electron chi connectivity index (χ0n) is 10.7. The van der Waals surface area contributed by atoms with E-state index in [1.165, 1.54) is 4.88 Å². The van der Waals surface area contributed by atoms with E-state index in [1.807, 2.05) is 29.6 Å². The van der Waals surface area contributed by atoms with Crippen LogP contribution in [0, 0.1) is 0 Å². The highest BCUT2D eigenvalue weighted by Crippen LogP contribution is 2.20. The number of rotatable bonds is 4. The number of H-pyrrole nitrogens is 1. The number of aromatic amines is 1. The molecular weight excluding hydrogens is 292 g/mol. The SMILES string of the molecule is O=C(NCCc1cccs1)c1cc2cc(Cl)ccc2[nH]1. The zero-order valence-corrected chi connectivity index (χ0v) is 12.2. The van der Waals surface area contributed by atoms with Crippen LogP contribution in [-0.4, -0.2) is 17.4 Å². The van der Waals surface area contributed by atoms with Gasteiger partial charge in [-0.25, -0.2) is 0 Å². The average Bonchev–Trinajstić information content (AvgIpc) is 3.06. The van der Waals surface area contributed by atoms with Gasteiger partial charge in [-0.1, -0.05) is 17.7 Å². The summed E-state index contributed by atoms with van der Waals surface area (Å²) >= 11 is 7.64. The minimum absolute atomic E-state index is 0.0890. The van der Waals surface area contributed by atoms with Gasteiger partial charge < -0.3 is 10.3 Å². The van der Waals surface area contributed by atoms with E-state index in [1.54, 1.807) is 17.4 Å². The van der Waals surface area contributed by atoms with E-state index < -0.39 is 0 Å². The van der Waals surface area contributed by atoms with Gasteiger partial charge in [0.15, 0.2) is 0 Å². The Morgan fingerprint density at radius 2 is 2.20 bits per heavy atom. The summed E-state index contributed by atoms with van der Waals surface area (Å²) in [5.74, 6) is -0.0890. The van der Waals surface area contributed by atoms with Crippen molar-refractivity contribution >= 4 is 39.7 Å². The Morgan fingerprint density at radius 1 is 1.30 bits per heavy atom. The van der Waals surface area contributed by atoms with Crippen LogP contribution in [0.1, 0.15) is 15.4 Å². The third kappa shape index (κ3) is 2.86. The first kappa shape index (κ1) is 13.2. The van der Waals surface area contributed by atoms with E-state index >= 15 is 0 Å². The highest BCUT2D eigenvalue weighted by atomic mass is 35.5. The number of thiophene rings is 1. The van der Waals surface area contributed by atoms with E-state index in [2.05, 4.69) is 16.4 Å². The molecule has 2 heterocycles. The molecule has 0 unspecified atom stereocenters. The number of nitrogens with one attached hydrogen (secondary N) is 2. The Morgan fingerprint density at radius 3 is 3.00 bits per heavy atom. The fraction of sp³-hybridized carbons (Fsp3) is 0.133. The first-order valence-electron chi connectivity index (χ1n) is 6.31. The molecule has 1 aromatic carbocycles. The Hall–Kier alpha value is -1.78. The maximum absolute atomic E-state index is 12.1. The third-order valence-corrected chi connectivity index (χ3v) is 4.24. The first-order valence-corrected chi connectivity index (χ1v) is 7.57. The van der Waals surface area contributed by atoms with Gasteiger partial charge in [0.25, 0.3) is 5.91 Å². The predicted molar refractivity (Wildman–Crippen MR) is 83.7 cm³/mol. The van der Waals surface area contributed by atoms with Crippen LogP contribution < -0.4 is 5.32 Å². The summed E-state index contributed by atoms with van der Waals surface area (Å²) in [7, 11) is 0. The van der Waals surface area contributed by atoms with Gasteiger partial charge in [0.1, 0.15) is 5.69 Å². The second-order valence-corrected chi connectivity index (χ2v) is 5.97. The topological polar surface area (TPSA) is 44.9 Å². The van der Waals surface area contributed by atoms with Crippen LogP contribution in [0.25, 0.3) is 10.9 Å². The Bertz CT molecular complexity index is 734. The van der Waals surface area contributed by atoms with Gasteiger partial charge in [0, 0.05) is 27.3 Å². The molecular formula is C15H13ClN2OS. The van der Waals surface area contributed by atoms with Crippen molar-refractivity contribution in [1.29, 1.82) is 0 Å². The van der Waals surface area contributed by atoms with Crippen molar-refractivity contribution in [2.24, 2.45) is 0 Å². The lowest BCUT2D eigenvalue weighted by Gasteiger charge is -2.01. The van der Waals surface area contributed by atoms with Gasteiger partial charge in [-0.3, -0.25) is 4.79 Å². The fourth-order valence-electron chi connectivity index (χ4n) is 2.08. The van der Waals surface area contributed by atoms with Crippen molar-refractivity contribution in [3.63, 3.8) is 0 Å². The van der Waals surface area contributed by atoms with E-state index in [4.69, 9.17) is 11.6 Å².